The molecule has 2 N–H and O–H groups in total. The summed E-state index contributed by atoms with van der Waals surface area (Å²) < 4.78 is 11.2. The summed E-state index contributed by atoms with van der Waals surface area (Å²) in [5.41, 5.74) is 2.72. The van der Waals surface area contributed by atoms with E-state index in [0.29, 0.717) is 22.9 Å². The third-order valence-electron chi connectivity index (χ3n) is 5.32. The fourth-order valence-electron chi connectivity index (χ4n) is 3.86. The minimum atomic E-state index is -0.116. The molecule has 1 saturated carbocycles. The number of hydrogen-bond acceptors (Lipinski definition) is 6. The third-order valence-corrected chi connectivity index (χ3v) is 6.47. The second-order valence-electron chi connectivity index (χ2n) is 7.00. The zero-order chi connectivity index (χ0) is 19.7. The van der Waals surface area contributed by atoms with Crippen molar-refractivity contribution in [2.45, 2.75) is 32.2 Å². The number of hydrogen-bond donors (Lipinski definition) is 2. The minimum Gasteiger partial charge on any atom is -0.493 e. The first-order valence-electron chi connectivity index (χ1n) is 9.53. The molecule has 4 rings (SSSR count). The Kier molecular flexibility index (Phi) is 5.25. The number of anilines is 1. The molecule has 2 aliphatic rings. The summed E-state index contributed by atoms with van der Waals surface area (Å²) in [4.78, 5) is 14.0. The van der Waals surface area contributed by atoms with Crippen LogP contribution in [-0.2, 0) is 17.8 Å². The Morgan fingerprint density at radius 3 is 3.07 bits per heavy atom. The van der Waals surface area contributed by atoms with Gasteiger partial charge < -0.3 is 20.1 Å². The predicted molar refractivity (Wildman–Crippen MR) is 108 cm³/mol. The van der Waals surface area contributed by atoms with Crippen LogP contribution in [0.3, 0.4) is 0 Å². The standard InChI is InChI=1S/C21H23N3O3S/c1-3-27-19-13(5-4-6-17(19)26-2)14-9-15(14)20(25)24-21-16(10-22)12-7-8-23-11-18(12)28-21/h4-6,14-15,23H,3,7-9,11H2,1-2H3,(H,24,25). The highest BCUT2D eigenvalue weighted by Crippen LogP contribution is 2.53. The number of thiophene rings is 1. The number of fused-ring (bicyclic) bond motifs is 1. The lowest BCUT2D eigenvalue weighted by molar-refractivity contribution is -0.117. The van der Waals surface area contributed by atoms with E-state index in [1.165, 1.54) is 11.3 Å². The highest BCUT2D eigenvalue weighted by Gasteiger charge is 2.46. The number of methoxy groups -OCH3 is 1. The Bertz CT molecular complexity index is 947. The molecule has 1 aromatic carbocycles. The van der Waals surface area contributed by atoms with E-state index in [-0.39, 0.29) is 17.7 Å². The van der Waals surface area contributed by atoms with Gasteiger partial charge in [-0.25, -0.2) is 0 Å². The Morgan fingerprint density at radius 1 is 1.46 bits per heavy atom. The third kappa shape index (κ3) is 3.34. The van der Waals surface area contributed by atoms with E-state index in [4.69, 9.17) is 9.47 Å². The zero-order valence-corrected chi connectivity index (χ0v) is 16.8. The van der Waals surface area contributed by atoms with E-state index in [1.807, 2.05) is 25.1 Å². The van der Waals surface area contributed by atoms with Gasteiger partial charge in [0.05, 0.1) is 19.3 Å². The summed E-state index contributed by atoms with van der Waals surface area (Å²) in [7, 11) is 1.62. The van der Waals surface area contributed by atoms with Crippen LogP contribution in [0.2, 0.25) is 0 Å². The van der Waals surface area contributed by atoms with Gasteiger partial charge in [-0.3, -0.25) is 4.79 Å². The molecule has 1 aliphatic heterocycles. The van der Waals surface area contributed by atoms with Gasteiger partial charge in [0.1, 0.15) is 11.1 Å². The van der Waals surface area contributed by atoms with Gasteiger partial charge in [0.25, 0.3) is 0 Å². The van der Waals surface area contributed by atoms with Gasteiger partial charge in [-0.1, -0.05) is 12.1 Å². The van der Waals surface area contributed by atoms with E-state index in [2.05, 4.69) is 16.7 Å². The number of carbonyl (C=O) groups excluding carboxylic acids is 1. The molecule has 6 nitrogen and oxygen atoms in total. The van der Waals surface area contributed by atoms with Crippen LogP contribution >= 0.6 is 11.3 Å². The maximum absolute atomic E-state index is 12.9. The van der Waals surface area contributed by atoms with Crippen LogP contribution in [0.5, 0.6) is 11.5 Å². The van der Waals surface area contributed by atoms with Gasteiger partial charge >= 0.3 is 0 Å². The Balaban J connectivity index is 1.52. The van der Waals surface area contributed by atoms with Gasteiger partial charge in [0.15, 0.2) is 11.5 Å². The summed E-state index contributed by atoms with van der Waals surface area (Å²) >= 11 is 1.51. The Hall–Kier alpha value is -2.56. The number of nitrogens with zero attached hydrogens (tertiary/aromatic N) is 1. The van der Waals surface area contributed by atoms with E-state index >= 15 is 0 Å². The smallest absolute Gasteiger partial charge is 0.228 e. The van der Waals surface area contributed by atoms with Gasteiger partial charge in [0, 0.05) is 28.8 Å². The van der Waals surface area contributed by atoms with Crippen LogP contribution in [-0.4, -0.2) is 26.2 Å². The number of nitrogens with one attached hydrogen (secondary N) is 2. The molecule has 1 fully saturated rings. The van der Waals surface area contributed by atoms with Crippen LogP contribution in [0, 0.1) is 17.2 Å². The number of amides is 1. The molecule has 0 saturated heterocycles. The summed E-state index contributed by atoms with van der Waals surface area (Å²) in [5.74, 6) is 1.38. The summed E-state index contributed by atoms with van der Waals surface area (Å²) in [6, 6.07) is 8.08. The van der Waals surface area contributed by atoms with Crippen LogP contribution < -0.4 is 20.1 Å². The van der Waals surface area contributed by atoms with Gasteiger partial charge in [-0.2, -0.15) is 5.26 Å². The largest absolute Gasteiger partial charge is 0.493 e. The van der Waals surface area contributed by atoms with Gasteiger partial charge in [-0.05, 0) is 37.9 Å². The van der Waals surface area contributed by atoms with Gasteiger partial charge in [0.2, 0.25) is 5.91 Å². The van der Waals surface area contributed by atoms with Gasteiger partial charge in [-0.15, -0.1) is 11.3 Å². The zero-order valence-electron chi connectivity index (χ0n) is 16.0. The van der Waals surface area contributed by atoms with Crippen LogP contribution in [0.4, 0.5) is 5.00 Å². The van der Waals surface area contributed by atoms with E-state index in [9.17, 15) is 10.1 Å². The molecule has 2 heterocycles. The lowest BCUT2D eigenvalue weighted by atomic mass is 10.0. The van der Waals surface area contributed by atoms with Crippen LogP contribution in [0.25, 0.3) is 0 Å². The van der Waals surface area contributed by atoms with E-state index in [1.54, 1.807) is 7.11 Å². The molecule has 7 heteroatoms. The molecule has 1 amide bonds. The van der Waals surface area contributed by atoms with Crippen molar-refractivity contribution in [3.63, 3.8) is 0 Å². The molecule has 1 aliphatic carbocycles. The van der Waals surface area contributed by atoms with Crippen molar-refractivity contribution in [1.29, 1.82) is 5.26 Å². The van der Waals surface area contributed by atoms with Crippen LogP contribution in [0.15, 0.2) is 18.2 Å². The number of para-hydroxylation sites is 1. The molecular weight excluding hydrogens is 374 g/mol. The SMILES string of the molecule is CCOc1c(OC)cccc1C1CC1C(=O)Nc1sc2c(c1C#N)CCNC2. The molecule has 2 aromatic rings. The average molecular weight is 398 g/mol. The second kappa shape index (κ2) is 7.82. The second-order valence-corrected chi connectivity index (χ2v) is 8.10. The fourth-order valence-corrected chi connectivity index (χ4v) is 5.03. The first-order valence-corrected chi connectivity index (χ1v) is 10.4. The molecule has 28 heavy (non-hydrogen) atoms. The summed E-state index contributed by atoms with van der Waals surface area (Å²) in [6.45, 7) is 4.10. The topological polar surface area (TPSA) is 83.4 Å². The molecule has 2 atom stereocenters. The van der Waals surface area contributed by atoms with Crippen LogP contribution in [0.1, 0.15) is 40.8 Å². The number of nitriles is 1. The monoisotopic (exact) mass is 397 g/mol. The molecule has 146 valence electrons. The first-order chi connectivity index (χ1) is 13.7. The number of carbonyl (C=O) groups is 1. The summed E-state index contributed by atoms with van der Waals surface area (Å²) in [6.07, 6.45) is 1.60. The minimum absolute atomic E-state index is 0.0293. The molecule has 0 spiro atoms. The van der Waals surface area contributed by atoms with E-state index in [0.717, 1.165) is 47.7 Å². The highest BCUT2D eigenvalue weighted by atomic mass is 32.1. The lowest BCUT2D eigenvalue weighted by Gasteiger charge is -2.14. The number of ether oxygens (including phenoxy) is 2. The molecule has 2 unspecified atom stereocenters. The molecule has 1 aromatic heterocycles. The molecule has 0 radical (unpaired) electrons. The normalized spacial score (nSPS) is 20.0. The maximum Gasteiger partial charge on any atom is 0.228 e. The van der Waals surface area contributed by atoms with Crippen molar-refractivity contribution in [1.82, 2.24) is 5.32 Å². The van der Waals surface area contributed by atoms with Crippen molar-refractivity contribution in [3.8, 4) is 17.6 Å². The Morgan fingerprint density at radius 2 is 2.32 bits per heavy atom. The predicted octanol–water partition coefficient (Wildman–Crippen LogP) is 3.41. The number of rotatable bonds is 6. The highest BCUT2D eigenvalue weighted by molar-refractivity contribution is 7.16. The molecular formula is C21H23N3O3S. The van der Waals surface area contributed by atoms with Crippen molar-refractivity contribution in [2.24, 2.45) is 5.92 Å². The molecule has 0 bridgehead atoms. The van der Waals surface area contributed by atoms with Crippen molar-refractivity contribution in [2.75, 3.05) is 25.6 Å². The average Bonchev–Trinajstić information content (AvgIpc) is 3.43. The first kappa shape index (κ1) is 18.8. The number of benzene rings is 1. The Labute approximate surface area is 168 Å². The van der Waals surface area contributed by atoms with E-state index < -0.39 is 0 Å². The quantitative estimate of drug-likeness (QED) is 0.780. The van der Waals surface area contributed by atoms with Crippen molar-refractivity contribution in [3.05, 3.63) is 39.8 Å². The summed E-state index contributed by atoms with van der Waals surface area (Å²) in [5, 5.41) is 16.6. The fraction of sp³-hybridized carbons (Fsp3) is 0.429. The van der Waals surface area contributed by atoms with Crippen molar-refractivity contribution < 1.29 is 14.3 Å². The van der Waals surface area contributed by atoms with Crippen molar-refractivity contribution >= 4 is 22.2 Å². The maximum atomic E-state index is 12.9. The lowest BCUT2D eigenvalue weighted by Crippen LogP contribution is -2.22.